The molecule has 1 saturated heterocycles. The number of likely N-dealkylation sites (N-methyl/N-ethyl adjacent to an activating group) is 1. The van der Waals surface area contributed by atoms with E-state index in [9.17, 15) is 9.90 Å². The maximum absolute atomic E-state index is 13.6. The van der Waals surface area contributed by atoms with E-state index < -0.39 is 0 Å². The van der Waals surface area contributed by atoms with E-state index in [2.05, 4.69) is 35.7 Å². The van der Waals surface area contributed by atoms with Gasteiger partial charge in [-0.2, -0.15) is 0 Å². The summed E-state index contributed by atoms with van der Waals surface area (Å²) in [6.45, 7) is 7.67. The van der Waals surface area contributed by atoms with Gasteiger partial charge in [0.05, 0.1) is 19.8 Å². The first-order valence-electron chi connectivity index (χ1n) is 13.4. The molecule has 0 spiro atoms. The first-order chi connectivity index (χ1) is 18.4. The molecule has 38 heavy (non-hydrogen) atoms. The number of carbonyl (C=O) groups excluding carboxylic acids is 1. The lowest BCUT2D eigenvalue weighted by molar-refractivity contribution is 0.0254. The standard InChI is InChI=1S/C30H39N3O5/c1-21-17-33(22(2)20-34)30(35)27-15-25(6-5-23-7-9-26(36-4)10-8-23)16-31-29(27)38-28(21)19-32(3)18-24-11-13-37-14-12-24/h7-10,15-16,21-22,24,28,34H,11-14,17-20H2,1-4H3/t21-,22+,28+/m0/s1. The number of aliphatic hydroxyl groups excluding tert-OH is 1. The Labute approximate surface area is 225 Å². The summed E-state index contributed by atoms with van der Waals surface area (Å²) in [7, 11) is 3.75. The fraction of sp³-hybridized carbons (Fsp3) is 0.533. The van der Waals surface area contributed by atoms with Crippen molar-refractivity contribution in [1.82, 2.24) is 14.8 Å². The molecule has 1 aromatic heterocycles. The lowest BCUT2D eigenvalue weighted by Gasteiger charge is -2.38. The molecular formula is C30H39N3O5. The Morgan fingerprint density at radius 2 is 1.89 bits per heavy atom. The molecule has 1 aromatic carbocycles. The van der Waals surface area contributed by atoms with Crippen LogP contribution in [0.5, 0.6) is 11.6 Å². The summed E-state index contributed by atoms with van der Waals surface area (Å²) in [6, 6.07) is 8.90. The van der Waals surface area contributed by atoms with Crippen LogP contribution in [-0.2, 0) is 4.74 Å². The molecule has 2 aromatic rings. The van der Waals surface area contributed by atoms with E-state index in [0.29, 0.717) is 36.0 Å². The van der Waals surface area contributed by atoms with Gasteiger partial charge in [-0.15, -0.1) is 0 Å². The van der Waals surface area contributed by atoms with Crippen LogP contribution in [0.2, 0.25) is 0 Å². The normalized spacial score (nSPS) is 21.0. The van der Waals surface area contributed by atoms with E-state index in [-0.39, 0.29) is 30.6 Å². The van der Waals surface area contributed by atoms with E-state index >= 15 is 0 Å². The van der Waals surface area contributed by atoms with Crippen molar-refractivity contribution in [2.45, 2.75) is 38.8 Å². The van der Waals surface area contributed by atoms with Crippen LogP contribution < -0.4 is 9.47 Å². The molecule has 0 unspecified atom stereocenters. The average Bonchev–Trinajstić information content (AvgIpc) is 2.94. The molecule has 3 heterocycles. The topological polar surface area (TPSA) is 84.4 Å². The second-order valence-corrected chi connectivity index (χ2v) is 10.5. The first-order valence-corrected chi connectivity index (χ1v) is 13.4. The number of nitrogens with zero attached hydrogens (tertiary/aromatic N) is 3. The molecule has 204 valence electrons. The third-order valence-corrected chi connectivity index (χ3v) is 7.36. The van der Waals surface area contributed by atoms with E-state index in [1.807, 2.05) is 31.2 Å². The summed E-state index contributed by atoms with van der Waals surface area (Å²) >= 11 is 0. The van der Waals surface area contributed by atoms with E-state index in [4.69, 9.17) is 14.2 Å². The van der Waals surface area contributed by atoms with Crippen LogP contribution in [0, 0.1) is 23.7 Å². The van der Waals surface area contributed by atoms with Crippen LogP contribution in [0.25, 0.3) is 0 Å². The first kappa shape index (κ1) is 27.9. The van der Waals surface area contributed by atoms with Crippen LogP contribution in [0.4, 0.5) is 0 Å². The molecule has 0 saturated carbocycles. The SMILES string of the molecule is COc1ccc(C#Cc2cnc3c(c2)C(=O)N([C@H](C)CO)C[C@H](C)[C@@H](CN(C)CC2CCOCC2)O3)cc1. The Morgan fingerprint density at radius 3 is 2.58 bits per heavy atom. The monoisotopic (exact) mass is 521 g/mol. The molecule has 1 N–H and O–H groups in total. The summed E-state index contributed by atoms with van der Waals surface area (Å²) in [5.74, 6) is 7.77. The largest absolute Gasteiger partial charge is 0.497 e. The van der Waals surface area contributed by atoms with Crippen molar-refractivity contribution in [2.75, 3.05) is 53.6 Å². The van der Waals surface area contributed by atoms with Crippen LogP contribution in [0.15, 0.2) is 36.5 Å². The van der Waals surface area contributed by atoms with Crippen LogP contribution in [0.3, 0.4) is 0 Å². The Bertz CT molecular complexity index is 1140. The Hall–Kier alpha value is -3.12. The minimum Gasteiger partial charge on any atom is -0.497 e. The van der Waals surface area contributed by atoms with Crippen molar-refractivity contribution in [3.63, 3.8) is 0 Å². The fourth-order valence-corrected chi connectivity index (χ4v) is 4.96. The maximum Gasteiger partial charge on any atom is 0.259 e. The van der Waals surface area contributed by atoms with Gasteiger partial charge in [0.2, 0.25) is 5.88 Å². The van der Waals surface area contributed by atoms with Crippen LogP contribution >= 0.6 is 0 Å². The highest BCUT2D eigenvalue weighted by Gasteiger charge is 2.34. The van der Waals surface area contributed by atoms with Crippen molar-refractivity contribution < 1.29 is 24.1 Å². The molecular weight excluding hydrogens is 482 g/mol. The van der Waals surface area contributed by atoms with Crippen LogP contribution in [-0.4, -0.2) is 91.6 Å². The van der Waals surface area contributed by atoms with Gasteiger partial charge >= 0.3 is 0 Å². The highest BCUT2D eigenvalue weighted by atomic mass is 16.5. The van der Waals surface area contributed by atoms with Gasteiger partial charge in [0, 0.05) is 56.1 Å². The molecule has 0 bridgehead atoms. The second kappa shape index (κ2) is 13.1. The maximum atomic E-state index is 13.6. The van der Waals surface area contributed by atoms with E-state index in [0.717, 1.165) is 43.9 Å². The van der Waals surface area contributed by atoms with Crippen molar-refractivity contribution in [3.8, 4) is 23.5 Å². The summed E-state index contributed by atoms with van der Waals surface area (Å²) in [4.78, 5) is 22.2. The number of amides is 1. The molecule has 2 aliphatic rings. The van der Waals surface area contributed by atoms with Gasteiger partial charge in [-0.05, 0) is 63.1 Å². The predicted molar refractivity (Wildman–Crippen MR) is 145 cm³/mol. The third kappa shape index (κ3) is 7.04. The number of methoxy groups -OCH3 is 1. The number of carbonyl (C=O) groups is 1. The highest BCUT2D eigenvalue weighted by Crippen LogP contribution is 2.28. The summed E-state index contributed by atoms with van der Waals surface area (Å²) in [5, 5.41) is 9.91. The number of benzene rings is 1. The molecule has 8 nitrogen and oxygen atoms in total. The molecule has 0 aliphatic carbocycles. The number of ether oxygens (including phenoxy) is 3. The van der Waals surface area contributed by atoms with Gasteiger partial charge in [-0.1, -0.05) is 18.8 Å². The number of fused-ring (bicyclic) bond motifs is 1. The third-order valence-electron chi connectivity index (χ3n) is 7.36. The van der Waals surface area contributed by atoms with Crippen molar-refractivity contribution >= 4 is 5.91 Å². The lowest BCUT2D eigenvalue weighted by Crippen LogP contribution is -2.50. The van der Waals surface area contributed by atoms with Gasteiger partial charge in [0.1, 0.15) is 17.4 Å². The van der Waals surface area contributed by atoms with Crippen molar-refractivity contribution in [3.05, 3.63) is 53.2 Å². The van der Waals surface area contributed by atoms with Gasteiger partial charge in [0.15, 0.2) is 0 Å². The van der Waals surface area contributed by atoms with Crippen LogP contribution in [0.1, 0.15) is 48.2 Å². The van der Waals surface area contributed by atoms with Gasteiger partial charge in [-0.25, -0.2) is 4.98 Å². The number of rotatable bonds is 7. The second-order valence-electron chi connectivity index (χ2n) is 10.5. The quantitative estimate of drug-likeness (QED) is 0.561. The minimum atomic E-state index is -0.328. The van der Waals surface area contributed by atoms with E-state index in [1.54, 1.807) is 24.3 Å². The summed E-state index contributed by atoms with van der Waals surface area (Å²) in [6.07, 6.45) is 3.64. The summed E-state index contributed by atoms with van der Waals surface area (Å²) in [5.41, 5.74) is 1.82. The summed E-state index contributed by atoms with van der Waals surface area (Å²) < 4.78 is 17.1. The number of pyridine rings is 1. The Balaban J connectivity index is 1.58. The van der Waals surface area contributed by atoms with Crippen molar-refractivity contribution in [2.24, 2.45) is 11.8 Å². The van der Waals surface area contributed by atoms with Gasteiger partial charge in [0.25, 0.3) is 5.91 Å². The van der Waals surface area contributed by atoms with Gasteiger partial charge in [-0.3, -0.25) is 4.79 Å². The molecule has 4 rings (SSSR count). The molecule has 8 heteroatoms. The number of hydrogen-bond acceptors (Lipinski definition) is 7. The Morgan fingerprint density at radius 1 is 1.18 bits per heavy atom. The minimum absolute atomic E-state index is 0.0505. The fourth-order valence-electron chi connectivity index (χ4n) is 4.96. The lowest BCUT2D eigenvalue weighted by atomic mass is 9.97. The zero-order valence-corrected chi connectivity index (χ0v) is 22.9. The smallest absolute Gasteiger partial charge is 0.259 e. The zero-order chi connectivity index (χ0) is 27.1. The Kier molecular flexibility index (Phi) is 9.62. The molecule has 2 aliphatic heterocycles. The predicted octanol–water partition coefficient (Wildman–Crippen LogP) is 3.07. The molecule has 1 fully saturated rings. The zero-order valence-electron chi connectivity index (χ0n) is 22.9. The van der Waals surface area contributed by atoms with Gasteiger partial charge < -0.3 is 29.1 Å². The highest BCUT2D eigenvalue weighted by molar-refractivity contribution is 5.97. The molecule has 3 atom stereocenters. The molecule has 0 radical (unpaired) electrons. The molecule has 1 amide bonds. The number of hydrogen-bond donors (Lipinski definition) is 1. The average molecular weight is 522 g/mol. The van der Waals surface area contributed by atoms with E-state index in [1.165, 1.54) is 0 Å². The van der Waals surface area contributed by atoms with Crippen molar-refractivity contribution in [1.29, 1.82) is 0 Å². The number of aromatic nitrogens is 1. The number of aliphatic hydroxyl groups is 1.